The molecule has 0 aromatic carbocycles. The van der Waals surface area contributed by atoms with Crippen LogP contribution in [0.4, 0.5) is 0 Å². The zero-order valence-electron chi connectivity index (χ0n) is 6.83. The Labute approximate surface area is 69.1 Å². The Hall–Kier alpha value is -1.72. The van der Waals surface area contributed by atoms with Crippen LogP contribution in [0.5, 0.6) is 0 Å². The molecule has 0 aliphatic rings. The topological polar surface area (TPSA) is 83.7 Å². The number of carbonyl (C=O) groups is 1. The molecule has 1 aromatic rings. The minimum absolute atomic E-state index is 0.251. The standard InChI is InChI=1S/C6H9N5O/c1-4-5(6(12)8-3-7)9-10-11(4)2/h3H,1-2H3,(H2,7,8,12). The summed E-state index contributed by atoms with van der Waals surface area (Å²) in [5, 5.41) is 16.1. The van der Waals surface area contributed by atoms with Gasteiger partial charge < -0.3 is 5.32 Å². The molecule has 0 saturated carbocycles. The van der Waals surface area contributed by atoms with Crippen LogP contribution in [-0.4, -0.2) is 27.2 Å². The molecule has 12 heavy (non-hydrogen) atoms. The maximum absolute atomic E-state index is 11.1. The smallest absolute Gasteiger partial charge is 0.278 e. The van der Waals surface area contributed by atoms with E-state index in [1.807, 2.05) is 0 Å². The molecule has 1 rings (SSSR count). The van der Waals surface area contributed by atoms with Crippen molar-refractivity contribution < 1.29 is 4.79 Å². The minimum atomic E-state index is -0.407. The third-order valence-electron chi connectivity index (χ3n) is 1.53. The number of nitrogens with one attached hydrogen (secondary N) is 2. The predicted molar refractivity (Wildman–Crippen MR) is 42.0 cm³/mol. The number of hydrogen-bond acceptors (Lipinski definition) is 4. The van der Waals surface area contributed by atoms with Gasteiger partial charge in [-0.25, -0.2) is 0 Å². The highest BCUT2D eigenvalue weighted by molar-refractivity contribution is 5.99. The summed E-state index contributed by atoms with van der Waals surface area (Å²) >= 11 is 0. The van der Waals surface area contributed by atoms with E-state index in [1.54, 1.807) is 14.0 Å². The van der Waals surface area contributed by atoms with Crippen molar-refractivity contribution >= 4 is 12.2 Å². The zero-order valence-corrected chi connectivity index (χ0v) is 6.83. The molecule has 0 spiro atoms. The van der Waals surface area contributed by atoms with Gasteiger partial charge in [0, 0.05) is 7.05 Å². The molecule has 64 valence electrons. The fraction of sp³-hybridized carbons (Fsp3) is 0.333. The van der Waals surface area contributed by atoms with Gasteiger partial charge in [-0.1, -0.05) is 5.21 Å². The summed E-state index contributed by atoms with van der Waals surface area (Å²) in [6, 6.07) is 0. The van der Waals surface area contributed by atoms with Crippen LogP contribution in [0.15, 0.2) is 0 Å². The first-order valence-corrected chi connectivity index (χ1v) is 3.33. The lowest BCUT2D eigenvalue weighted by atomic mass is 10.3. The Morgan fingerprint density at radius 3 is 2.83 bits per heavy atom. The van der Waals surface area contributed by atoms with E-state index >= 15 is 0 Å². The van der Waals surface area contributed by atoms with Gasteiger partial charge in [-0.15, -0.1) is 5.10 Å². The molecule has 6 nitrogen and oxygen atoms in total. The van der Waals surface area contributed by atoms with Crippen molar-refractivity contribution in [2.45, 2.75) is 6.92 Å². The van der Waals surface area contributed by atoms with Crippen LogP contribution in [0.1, 0.15) is 16.2 Å². The average Bonchev–Trinajstić information content (AvgIpc) is 2.34. The zero-order chi connectivity index (χ0) is 9.14. The molecule has 0 saturated heterocycles. The lowest BCUT2D eigenvalue weighted by molar-refractivity contribution is 0.0973. The fourth-order valence-electron chi connectivity index (χ4n) is 0.748. The van der Waals surface area contributed by atoms with Gasteiger partial charge in [0.05, 0.1) is 12.0 Å². The van der Waals surface area contributed by atoms with Crippen molar-refractivity contribution in [2.75, 3.05) is 0 Å². The van der Waals surface area contributed by atoms with Crippen LogP contribution >= 0.6 is 0 Å². The maximum Gasteiger partial charge on any atom is 0.278 e. The molecule has 1 heterocycles. The van der Waals surface area contributed by atoms with Crippen molar-refractivity contribution in [1.82, 2.24) is 20.3 Å². The Bertz CT molecular complexity index is 316. The highest BCUT2D eigenvalue weighted by Crippen LogP contribution is 2.00. The van der Waals surface area contributed by atoms with E-state index in [4.69, 9.17) is 5.41 Å². The van der Waals surface area contributed by atoms with Crippen LogP contribution < -0.4 is 5.32 Å². The number of aromatic nitrogens is 3. The molecule has 0 bridgehead atoms. The quantitative estimate of drug-likeness (QED) is 0.458. The van der Waals surface area contributed by atoms with E-state index in [-0.39, 0.29) is 5.69 Å². The van der Waals surface area contributed by atoms with Gasteiger partial charge in [0.2, 0.25) is 0 Å². The molecule has 0 unspecified atom stereocenters. The van der Waals surface area contributed by atoms with Crippen molar-refractivity contribution in [3.63, 3.8) is 0 Å². The van der Waals surface area contributed by atoms with E-state index in [2.05, 4.69) is 15.6 Å². The number of hydrogen-bond donors (Lipinski definition) is 2. The number of amides is 1. The second-order valence-electron chi connectivity index (χ2n) is 2.26. The second kappa shape index (κ2) is 3.12. The van der Waals surface area contributed by atoms with Crippen molar-refractivity contribution in [3.8, 4) is 0 Å². The molecule has 0 aliphatic carbocycles. The first-order valence-electron chi connectivity index (χ1n) is 3.33. The summed E-state index contributed by atoms with van der Waals surface area (Å²) in [7, 11) is 1.70. The fourth-order valence-corrected chi connectivity index (χ4v) is 0.748. The Morgan fingerprint density at radius 1 is 1.75 bits per heavy atom. The highest BCUT2D eigenvalue weighted by atomic mass is 16.2. The maximum atomic E-state index is 11.1. The van der Waals surface area contributed by atoms with Crippen LogP contribution in [0.3, 0.4) is 0 Å². The molecule has 0 atom stereocenters. The van der Waals surface area contributed by atoms with Crippen molar-refractivity contribution in [3.05, 3.63) is 11.4 Å². The molecule has 2 N–H and O–H groups in total. The summed E-state index contributed by atoms with van der Waals surface area (Å²) in [6.07, 6.45) is 0.816. The van der Waals surface area contributed by atoms with E-state index in [0.29, 0.717) is 5.69 Å². The monoisotopic (exact) mass is 167 g/mol. The van der Waals surface area contributed by atoms with Gasteiger partial charge in [0.15, 0.2) is 5.69 Å². The highest BCUT2D eigenvalue weighted by Gasteiger charge is 2.12. The Kier molecular flexibility index (Phi) is 2.18. The lowest BCUT2D eigenvalue weighted by Crippen LogP contribution is -2.22. The van der Waals surface area contributed by atoms with Gasteiger partial charge in [0.25, 0.3) is 5.91 Å². The van der Waals surface area contributed by atoms with Gasteiger partial charge >= 0.3 is 0 Å². The van der Waals surface area contributed by atoms with Crippen LogP contribution in [0.25, 0.3) is 0 Å². The van der Waals surface area contributed by atoms with Crippen LogP contribution in [-0.2, 0) is 7.05 Å². The van der Waals surface area contributed by atoms with Crippen molar-refractivity contribution in [1.29, 1.82) is 5.41 Å². The molecule has 1 aromatic heterocycles. The summed E-state index contributed by atoms with van der Waals surface area (Å²) < 4.78 is 1.50. The summed E-state index contributed by atoms with van der Waals surface area (Å²) in [4.78, 5) is 11.1. The largest absolute Gasteiger partial charge is 0.312 e. The van der Waals surface area contributed by atoms with Crippen LogP contribution in [0, 0.1) is 12.3 Å². The first kappa shape index (κ1) is 8.38. The third kappa shape index (κ3) is 1.31. The SMILES string of the molecule is Cc1c(C(=O)NC=N)nnn1C. The lowest BCUT2D eigenvalue weighted by Gasteiger charge is -1.95. The van der Waals surface area contributed by atoms with Gasteiger partial charge in [-0.3, -0.25) is 14.9 Å². The predicted octanol–water partition coefficient (Wildman–Crippen LogP) is -0.540. The normalized spacial score (nSPS) is 9.50. The van der Waals surface area contributed by atoms with Crippen molar-refractivity contribution in [2.24, 2.45) is 7.05 Å². The van der Waals surface area contributed by atoms with Crippen LogP contribution in [0.2, 0.25) is 0 Å². The molecular weight excluding hydrogens is 158 g/mol. The molecule has 0 aliphatic heterocycles. The summed E-state index contributed by atoms with van der Waals surface area (Å²) in [6.45, 7) is 1.73. The van der Waals surface area contributed by atoms with Gasteiger partial charge in [-0.2, -0.15) is 0 Å². The molecule has 6 heteroatoms. The summed E-state index contributed by atoms with van der Waals surface area (Å²) in [5.74, 6) is -0.407. The number of aryl methyl sites for hydroxylation is 1. The van der Waals surface area contributed by atoms with Gasteiger partial charge in [-0.05, 0) is 6.92 Å². The molecule has 1 amide bonds. The molecular formula is C6H9N5O. The van der Waals surface area contributed by atoms with E-state index < -0.39 is 5.91 Å². The average molecular weight is 167 g/mol. The van der Waals surface area contributed by atoms with E-state index in [1.165, 1.54) is 4.68 Å². The number of nitrogens with zero attached hydrogens (tertiary/aromatic N) is 3. The minimum Gasteiger partial charge on any atom is -0.312 e. The first-order chi connectivity index (χ1) is 5.66. The third-order valence-corrected chi connectivity index (χ3v) is 1.53. The number of carbonyl (C=O) groups excluding carboxylic acids is 1. The Morgan fingerprint density at radius 2 is 2.42 bits per heavy atom. The Balaban J connectivity index is 2.95. The number of rotatable bonds is 2. The second-order valence-corrected chi connectivity index (χ2v) is 2.26. The van der Waals surface area contributed by atoms with E-state index in [9.17, 15) is 4.79 Å². The van der Waals surface area contributed by atoms with E-state index in [0.717, 1.165) is 6.34 Å². The summed E-state index contributed by atoms with van der Waals surface area (Å²) in [5.41, 5.74) is 0.926. The molecule has 0 fully saturated rings. The van der Waals surface area contributed by atoms with Gasteiger partial charge in [0.1, 0.15) is 0 Å². The molecule has 0 radical (unpaired) electrons.